The number of ether oxygens (including phenoxy) is 2. The van der Waals surface area contributed by atoms with Gasteiger partial charge >= 0.3 is 0 Å². The van der Waals surface area contributed by atoms with E-state index in [-0.39, 0.29) is 18.4 Å². The number of nitrogens with zero attached hydrogens (tertiary/aromatic N) is 2. The Hall–Kier alpha value is -2.80. The van der Waals surface area contributed by atoms with Gasteiger partial charge in [0.05, 0.1) is 11.6 Å². The molecular formula is C24H30ClN3O4. The van der Waals surface area contributed by atoms with Gasteiger partial charge in [-0.25, -0.2) is 4.98 Å². The SMILES string of the molecule is CCCOc1ccc(CN(C(=O)COc2ccc(Cl)cn2)[C@H]2CCCCNC2=O)cc1C. The molecule has 1 atom stereocenters. The first-order valence-corrected chi connectivity index (χ1v) is 11.4. The molecular weight excluding hydrogens is 430 g/mol. The van der Waals surface area contributed by atoms with Crippen LogP contribution in [-0.4, -0.2) is 47.5 Å². The van der Waals surface area contributed by atoms with Crippen LogP contribution in [0.25, 0.3) is 0 Å². The fraction of sp³-hybridized carbons (Fsp3) is 0.458. The van der Waals surface area contributed by atoms with Gasteiger partial charge in [0.15, 0.2) is 6.61 Å². The van der Waals surface area contributed by atoms with Gasteiger partial charge in [0, 0.05) is 25.4 Å². The molecule has 0 unspecified atom stereocenters. The molecule has 2 amide bonds. The van der Waals surface area contributed by atoms with Crippen LogP contribution in [0.1, 0.15) is 43.7 Å². The van der Waals surface area contributed by atoms with E-state index in [1.807, 2.05) is 25.1 Å². The number of hydrogen-bond acceptors (Lipinski definition) is 5. The summed E-state index contributed by atoms with van der Waals surface area (Å²) in [5.74, 6) is 0.743. The highest BCUT2D eigenvalue weighted by molar-refractivity contribution is 6.30. The van der Waals surface area contributed by atoms with Gasteiger partial charge in [-0.05, 0) is 55.9 Å². The van der Waals surface area contributed by atoms with Crippen molar-refractivity contribution in [2.24, 2.45) is 0 Å². The molecule has 0 spiro atoms. The quantitative estimate of drug-likeness (QED) is 0.615. The number of amides is 2. The van der Waals surface area contributed by atoms with E-state index in [9.17, 15) is 9.59 Å². The molecule has 2 heterocycles. The van der Waals surface area contributed by atoms with Crippen molar-refractivity contribution in [3.05, 3.63) is 52.7 Å². The van der Waals surface area contributed by atoms with Gasteiger partial charge in [-0.3, -0.25) is 9.59 Å². The minimum absolute atomic E-state index is 0.125. The summed E-state index contributed by atoms with van der Waals surface area (Å²) in [4.78, 5) is 31.6. The van der Waals surface area contributed by atoms with Crippen molar-refractivity contribution in [1.29, 1.82) is 0 Å². The monoisotopic (exact) mass is 459 g/mol. The molecule has 1 aromatic carbocycles. The Morgan fingerprint density at radius 3 is 2.81 bits per heavy atom. The van der Waals surface area contributed by atoms with Crippen LogP contribution in [0, 0.1) is 6.92 Å². The molecule has 0 bridgehead atoms. The lowest BCUT2D eigenvalue weighted by atomic mass is 10.1. The van der Waals surface area contributed by atoms with Crippen molar-refractivity contribution in [2.75, 3.05) is 19.8 Å². The Morgan fingerprint density at radius 1 is 1.25 bits per heavy atom. The molecule has 2 aromatic rings. The van der Waals surface area contributed by atoms with Gasteiger partial charge in [-0.2, -0.15) is 0 Å². The summed E-state index contributed by atoms with van der Waals surface area (Å²) in [5.41, 5.74) is 1.93. The number of nitrogens with one attached hydrogen (secondary N) is 1. The molecule has 32 heavy (non-hydrogen) atoms. The number of carbonyl (C=O) groups excluding carboxylic acids is 2. The molecule has 0 radical (unpaired) electrons. The molecule has 1 aliphatic heterocycles. The second-order valence-corrected chi connectivity index (χ2v) is 8.31. The highest BCUT2D eigenvalue weighted by atomic mass is 35.5. The molecule has 1 aliphatic rings. The van der Waals surface area contributed by atoms with Gasteiger partial charge in [-0.15, -0.1) is 0 Å². The second-order valence-electron chi connectivity index (χ2n) is 7.88. The maximum Gasteiger partial charge on any atom is 0.261 e. The number of carbonyl (C=O) groups is 2. The summed E-state index contributed by atoms with van der Waals surface area (Å²) in [6.07, 6.45) is 4.78. The zero-order valence-electron chi connectivity index (χ0n) is 18.6. The third-order valence-electron chi connectivity index (χ3n) is 5.30. The molecule has 3 rings (SSSR count). The van der Waals surface area contributed by atoms with Crippen LogP contribution < -0.4 is 14.8 Å². The van der Waals surface area contributed by atoms with Crippen LogP contribution in [0.3, 0.4) is 0 Å². The van der Waals surface area contributed by atoms with Crippen LogP contribution in [0.15, 0.2) is 36.5 Å². The largest absolute Gasteiger partial charge is 0.493 e. The Labute approximate surface area is 194 Å². The fourth-order valence-corrected chi connectivity index (χ4v) is 3.75. The summed E-state index contributed by atoms with van der Waals surface area (Å²) >= 11 is 5.85. The van der Waals surface area contributed by atoms with Gasteiger partial charge in [0.2, 0.25) is 11.8 Å². The van der Waals surface area contributed by atoms with Gasteiger partial charge < -0.3 is 19.7 Å². The zero-order valence-corrected chi connectivity index (χ0v) is 19.4. The third kappa shape index (κ3) is 6.60. The zero-order chi connectivity index (χ0) is 22.9. The van der Waals surface area contributed by atoms with Crippen LogP contribution in [0.2, 0.25) is 5.02 Å². The molecule has 0 saturated carbocycles. The average Bonchev–Trinajstić information content (AvgIpc) is 3.00. The Balaban J connectivity index is 1.77. The molecule has 7 nitrogen and oxygen atoms in total. The van der Waals surface area contributed by atoms with E-state index in [2.05, 4.69) is 17.2 Å². The van der Waals surface area contributed by atoms with Crippen LogP contribution in [0.4, 0.5) is 0 Å². The highest BCUT2D eigenvalue weighted by Crippen LogP contribution is 2.23. The normalized spacial score (nSPS) is 16.1. The van der Waals surface area contributed by atoms with Crippen molar-refractivity contribution in [1.82, 2.24) is 15.2 Å². The van der Waals surface area contributed by atoms with Gasteiger partial charge in [0.25, 0.3) is 5.91 Å². The van der Waals surface area contributed by atoms with Crippen molar-refractivity contribution in [3.63, 3.8) is 0 Å². The van der Waals surface area contributed by atoms with Crippen molar-refractivity contribution >= 4 is 23.4 Å². The van der Waals surface area contributed by atoms with E-state index >= 15 is 0 Å². The number of rotatable bonds is 9. The van der Waals surface area contributed by atoms with Crippen LogP contribution >= 0.6 is 11.6 Å². The lowest BCUT2D eigenvalue weighted by Gasteiger charge is -2.30. The molecule has 8 heteroatoms. The predicted octanol–water partition coefficient (Wildman–Crippen LogP) is 3.91. The molecule has 172 valence electrons. The van der Waals surface area contributed by atoms with Crippen molar-refractivity contribution in [3.8, 4) is 11.6 Å². The summed E-state index contributed by atoms with van der Waals surface area (Å²) in [6, 6.07) is 8.58. The molecule has 0 aliphatic carbocycles. The van der Waals surface area contributed by atoms with E-state index in [4.69, 9.17) is 21.1 Å². The van der Waals surface area contributed by atoms with E-state index in [1.54, 1.807) is 17.0 Å². The number of halogens is 1. The molecule has 1 saturated heterocycles. The van der Waals surface area contributed by atoms with E-state index < -0.39 is 6.04 Å². The van der Waals surface area contributed by atoms with Gasteiger partial charge in [-0.1, -0.05) is 30.7 Å². The Kier molecular flexibility index (Phi) is 8.73. The maximum absolute atomic E-state index is 13.2. The standard InChI is InChI=1S/C24H30ClN3O4/c1-3-12-31-21-9-7-18(13-17(21)2)15-28(20-6-4-5-11-26-24(20)30)23(29)16-32-22-10-8-19(25)14-27-22/h7-10,13-14,20H,3-6,11-12,15-16H2,1-2H3,(H,26,30)/t20-/m0/s1. The first-order chi connectivity index (χ1) is 15.5. The second kappa shape index (κ2) is 11.7. The number of aromatic nitrogens is 1. The lowest BCUT2D eigenvalue weighted by Crippen LogP contribution is -2.49. The number of benzene rings is 1. The van der Waals surface area contributed by atoms with E-state index in [0.29, 0.717) is 37.0 Å². The summed E-state index contributed by atoms with van der Waals surface area (Å²) in [5, 5.41) is 3.41. The minimum Gasteiger partial charge on any atom is -0.493 e. The number of pyridine rings is 1. The first-order valence-electron chi connectivity index (χ1n) is 11.0. The van der Waals surface area contributed by atoms with E-state index in [1.165, 1.54) is 6.20 Å². The van der Waals surface area contributed by atoms with Gasteiger partial charge in [0.1, 0.15) is 11.8 Å². The molecule has 1 aromatic heterocycles. The van der Waals surface area contributed by atoms with Crippen LogP contribution in [-0.2, 0) is 16.1 Å². The number of aryl methyl sites for hydroxylation is 1. The smallest absolute Gasteiger partial charge is 0.261 e. The summed E-state index contributed by atoms with van der Waals surface area (Å²) in [7, 11) is 0. The average molecular weight is 460 g/mol. The molecule has 1 N–H and O–H groups in total. The fourth-order valence-electron chi connectivity index (χ4n) is 3.64. The number of hydrogen-bond donors (Lipinski definition) is 1. The summed E-state index contributed by atoms with van der Waals surface area (Å²) < 4.78 is 11.3. The van der Waals surface area contributed by atoms with Crippen molar-refractivity contribution in [2.45, 2.75) is 52.1 Å². The third-order valence-corrected chi connectivity index (χ3v) is 5.52. The molecule has 1 fully saturated rings. The lowest BCUT2D eigenvalue weighted by molar-refractivity contribution is -0.142. The highest BCUT2D eigenvalue weighted by Gasteiger charge is 2.31. The van der Waals surface area contributed by atoms with E-state index in [0.717, 1.165) is 36.1 Å². The predicted molar refractivity (Wildman–Crippen MR) is 123 cm³/mol. The van der Waals surface area contributed by atoms with Crippen LogP contribution in [0.5, 0.6) is 11.6 Å². The first kappa shape index (κ1) is 23.9. The summed E-state index contributed by atoms with van der Waals surface area (Å²) in [6.45, 7) is 5.42. The topological polar surface area (TPSA) is 80.8 Å². The maximum atomic E-state index is 13.2. The Bertz CT molecular complexity index is 920. The Morgan fingerprint density at radius 2 is 2.09 bits per heavy atom. The van der Waals surface area contributed by atoms with Crippen molar-refractivity contribution < 1.29 is 19.1 Å². The minimum atomic E-state index is -0.539.